The zero-order chi connectivity index (χ0) is 17.7. The van der Waals surface area contributed by atoms with E-state index in [0.29, 0.717) is 17.9 Å². The Morgan fingerprint density at radius 1 is 1.12 bits per heavy atom. The smallest absolute Gasteiger partial charge is 0.229 e. The lowest BCUT2D eigenvalue weighted by Crippen LogP contribution is -2.13. The highest BCUT2D eigenvalue weighted by molar-refractivity contribution is 7.99. The molecule has 0 spiro atoms. The normalized spacial score (nSPS) is 15.3. The molecule has 1 aromatic heterocycles. The van der Waals surface area contributed by atoms with Crippen molar-refractivity contribution in [3.8, 4) is 5.75 Å². The summed E-state index contributed by atoms with van der Waals surface area (Å²) in [6, 6.07) is 8.21. The fraction of sp³-hybridized carbons (Fsp3) is 0.526. The zero-order valence-corrected chi connectivity index (χ0v) is 16.0. The summed E-state index contributed by atoms with van der Waals surface area (Å²) < 4.78 is 5.73. The van der Waals surface area contributed by atoms with Crippen LogP contribution in [0.3, 0.4) is 0 Å². The second kappa shape index (κ2) is 8.04. The van der Waals surface area contributed by atoms with E-state index in [-0.39, 0.29) is 5.41 Å². The first-order valence-electron chi connectivity index (χ1n) is 8.83. The van der Waals surface area contributed by atoms with Crippen LogP contribution in [0.15, 0.2) is 35.7 Å². The molecule has 1 fully saturated rings. The Kier molecular flexibility index (Phi) is 5.78. The molecule has 1 saturated carbocycles. The molecule has 2 aromatic rings. The third-order valence-corrected chi connectivity index (χ3v) is 5.53. The van der Waals surface area contributed by atoms with Crippen LogP contribution in [0.5, 0.6) is 5.75 Å². The van der Waals surface area contributed by atoms with Gasteiger partial charge in [-0.2, -0.15) is 4.98 Å². The summed E-state index contributed by atoms with van der Waals surface area (Å²) in [4.78, 5) is 12.9. The standard InChI is InChI=1S/C19H26N4OS/c1-19(2,3)14-8-10-15(11-9-14)24-13-22-17-20-12-21-18(23-17)25-16-6-4-5-7-16/h8-12,16H,4-7,13H2,1-3H3,(H,20,21,22,23). The van der Waals surface area contributed by atoms with Crippen molar-refractivity contribution in [2.45, 2.75) is 62.3 Å². The summed E-state index contributed by atoms with van der Waals surface area (Å²) in [5.74, 6) is 1.39. The summed E-state index contributed by atoms with van der Waals surface area (Å²) >= 11 is 1.76. The SMILES string of the molecule is CC(C)(C)c1ccc(OCNc2ncnc(SC3CCCC3)n2)cc1. The van der Waals surface area contributed by atoms with Crippen molar-refractivity contribution in [1.29, 1.82) is 0 Å². The molecule has 0 radical (unpaired) electrons. The first kappa shape index (κ1) is 18.0. The van der Waals surface area contributed by atoms with E-state index in [1.165, 1.54) is 31.2 Å². The number of thioether (sulfide) groups is 1. The van der Waals surface area contributed by atoms with E-state index >= 15 is 0 Å². The van der Waals surface area contributed by atoms with Crippen molar-refractivity contribution in [3.63, 3.8) is 0 Å². The zero-order valence-electron chi connectivity index (χ0n) is 15.2. The average Bonchev–Trinajstić information content (AvgIpc) is 3.08. The quantitative estimate of drug-likeness (QED) is 0.758. The predicted molar refractivity (Wildman–Crippen MR) is 102 cm³/mol. The molecule has 134 valence electrons. The fourth-order valence-electron chi connectivity index (χ4n) is 2.81. The molecule has 25 heavy (non-hydrogen) atoms. The second-order valence-corrected chi connectivity index (χ2v) is 8.62. The molecule has 1 aromatic carbocycles. The van der Waals surface area contributed by atoms with Crippen LogP contribution in [0.25, 0.3) is 0 Å². The number of hydrogen-bond donors (Lipinski definition) is 1. The minimum Gasteiger partial charge on any atom is -0.473 e. The van der Waals surface area contributed by atoms with Gasteiger partial charge in [0.25, 0.3) is 0 Å². The van der Waals surface area contributed by atoms with E-state index in [4.69, 9.17) is 4.74 Å². The lowest BCUT2D eigenvalue weighted by atomic mass is 9.87. The van der Waals surface area contributed by atoms with Gasteiger partial charge in [-0.1, -0.05) is 57.5 Å². The summed E-state index contributed by atoms with van der Waals surface area (Å²) in [6.45, 7) is 6.93. The third-order valence-electron chi connectivity index (χ3n) is 4.31. The highest BCUT2D eigenvalue weighted by Gasteiger charge is 2.17. The van der Waals surface area contributed by atoms with Crippen LogP contribution in [0.4, 0.5) is 5.95 Å². The molecule has 1 aliphatic rings. The van der Waals surface area contributed by atoms with Gasteiger partial charge in [0, 0.05) is 5.25 Å². The van der Waals surface area contributed by atoms with Crippen LogP contribution >= 0.6 is 11.8 Å². The van der Waals surface area contributed by atoms with E-state index in [1.807, 2.05) is 12.1 Å². The summed E-state index contributed by atoms with van der Waals surface area (Å²) in [5, 5.41) is 4.54. The van der Waals surface area contributed by atoms with Crippen molar-refractivity contribution >= 4 is 17.7 Å². The van der Waals surface area contributed by atoms with Gasteiger partial charge in [-0.3, -0.25) is 0 Å². The number of ether oxygens (including phenoxy) is 1. The monoisotopic (exact) mass is 358 g/mol. The molecular formula is C19H26N4OS. The van der Waals surface area contributed by atoms with Crippen molar-refractivity contribution in [2.75, 3.05) is 12.0 Å². The molecule has 1 heterocycles. The number of aromatic nitrogens is 3. The molecule has 6 heteroatoms. The molecule has 0 saturated heterocycles. The van der Waals surface area contributed by atoms with Crippen LogP contribution in [0.2, 0.25) is 0 Å². The number of hydrogen-bond acceptors (Lipinski definition) is 6. The molecule has 1 aliphatic carbocycles. The fourth-order valence-corrected chi connectivity index (χ4v) is 3.93. The maximum atomic E-state index is 5.73. The van der Waals surface area contributed by atoms with Gasteiger partial charge >= 0.3 is 0 Å². The van der Waals surface area contributed by atoms with Crippen LogP contribution in [-0.2, 0) is 5.41 Å². The summed E-state index contributed by atoms with van der Waals surface area (Å²) in [7, 11) is 0. The molecule has 0 atom stereocenters. The Labute approximate surface area is 154 Å². The molecule has 5 nitrogen and oxygen atoms in total. The maximum Gasteiger partial charge on any atom is 0.229 e. The Bertz CT molecular complexity index is 679. The Morgan fingerprint density at radius 3 is 2.52 bits per heavy atom. The van der Waals surface area contributed by atoms with Gasteiger partial charge in [0.15, 0.2) is 11.9 Å². The van der Waals surface area contributed by atoms with E-state index < -0.39 is 0 Å². The Morgan fingerprint density at radius 2 is 1.84 bits per heavy atom. The minimum atomic E-state index is 0.148. The lowest BCUT2D eigenvalue weighted by molar-refractivity contribution is 0.345. The topological polar surface area (TPSA) is 59.9 Å². The Balaban J connectivity index is 1.50. The van der Waals surface area contributed by atoms with Gasteiger partial charge in [0.1, 0.15) is 12.1 Å². The highest BCUT2D eigenvalue weighted by atomic mass is 32.2. The third kappa shape index (κ3) is 5.33. The van der Waals surface area contributed by atoms with Gasteiger partial charge in [0.2, 0.25) is 5.95 Å². The van der Waals surface area contributed by atoms with Gasteiger partial charge in [-0.25, -0.2) is 9.97 Å². The van der Waals surface area contributed by atoms with Crippen molar-refractivity contribution in [2.24, 2.45) is 0 Å². The number of anilines is 1. The Hall–Kier alpha value is -1.82. The number of nitrogens with one attached hydrogen (secondary N) is 1. The molecule has 0 aliphatic heterocycles. The molecule has 3 rings (SSSR count). The maximum absolute atomic E-state index is 5.73. The molecular weight excluding hydrogens is 332 g/mol. The van der Waals surface area contributed by atoms with Gasteiger partial charge in [-0.15, -0.1) is 0 Å². The number of nitrogens with zero attached hydrogens (tertiary/aromatic N) is 3. The largest absolute Gasteiger partial charge is 0.473 e. The van der Waals surface area contributed by atoms with Crippen LogP contribution < -0.4 is 10.1 Å². The summed E-state index contributed by atoms with van der Waals surface area (Å²) in [5.41, 5.74) is 1.44. The van der Waals surface area contributed by atoms with Gasteiger partial charge in [0.05, 0.1) is 0 Å². The van der Waals surface area contributed by atoms with E-state index in [9.17, 15) is 0 Å². The molecule has 0 amide bonds. The van der Waals surface area contributed by atoms with E-state index in [2.05, 4.69) is 53.2 Å². The van der Waals surface area contributed by atoms with Gasteiger partial charge in [-0.05, 0) is 36.0 Å². The van der Waals surface area contributed by atoms with Crippen LogP contribution in [0.1, 0.15) is 52.0 Å². The molecule has 0 bridgehead atoms. The highest BCUT2D eigenvalue weighted by Crippen LogP contribution is 2.32. The lowest BCUT2D eigenvalue weighted by Gasteiger charge is -2.19. The molecule has 1 N–H and O–H groups in total. The first-order valence-corrected chi connectivity index (χ1v) is 9.71. The minimum absolute atomic E-state index is 0.148. The summed E-state index contributed by atoms with van der Waals surface area (Å²) in [6.07, 6.45) is 6.70. The van der Waals surface area contributed by atoms with Crippen molar-refractivity contribution in [3.05, 3.63) is 36.2 Å². The van der Waals surface area contributed by atoms with Gasteiger partial charge < -0.3 is 10.1 Å². The average molecular weight is 359 g/mol. The number of benzene rings is 1. The van der Waals surface area contributed by atoms with Crippen molar-refractivity contribution in [1.82, 2.24) is 15.0 Å². The van der Waals surface area contributed by atoms with E-state index in [1.54, 1.807) is 18.1 Å². The van der Waals surface area contributed by atoms with E-state index in [0.717, 1.165) is 10.9 Å². The first-order chi connectivity index (χ1) is 12.0. The van der Waals surface area contributed by atoms with Crippen LogP contribution in [-0.4, -0.2) is 26.9 Å². The van der Waals surface area contributed by atoms with Crippen molar-refractivity contribution < 1.29 is 4.74 Å². The predicted octanol–water partition coefficient (Wildman–Crippen LogP) is 4.65. The molecule has 0 unspecified atom stereocenters. The number of rotatable bonds is 6. The van der Waals surface area contributed by atoms with Crippen LogP contribution in [0, 0.1) is 0 Å². The second-order valence-electron chi connectivity index (χ2n) is 7.36.